The summed E-state index contributed by atoms with van der Waals surface area (Å²) in [5.74, 6) is 0.314. The van der Waals surface area contributed by atoms with E-state index >= 15 is 0 Å². The summed E-state index contributed by atoms with van der Waals surface area (Å²) in [7, 11) is 0. The van der Waals surface area contributed by atoms with Crippen molar-refractivity contribution in [3.63, 3.8) is 0 Å². The molecule has 1 unspecified atom stereocenters. The Bertz CT molecular complexity index is 1250. The fourth-order valence-electron chi connectivity index (χ4n) is 4.97. The van der Waals surface area contributed by atoms with Gasteiger partial charge in [0, 0.05) is 54.4 Å². The van der Waals surface area contributed by atoms with E-state index in [2.05, 4.69) is 97.9 Å². The number of hydrogen-bond donors (Lipinski definition) is 2. The molecule has 0 amide bonds. The van der Waals surface area contributed by atoms with Crippen molar-refractivity contribution in [3.05, 3.63) is 100 Å². The van der Waals surface area contributed by atoms with E-state index in [1.807, 2.05) is 12.1 Å². The molecule has 0 aliphatic carbocycles. The number of benzene rings is 3. The zero-order valence-electron chi connectivity index (χ0n) is 19.8. The smallest absolute Gasteiger partial charge is 0.178 e. The lowest BCUT2D eigenvalue weighted by atomic mass is 9.91. The molecule has 180 valence electrons. The average Bonchev–Trinajstić information content (AvgIpc) is 3.27. The van der Waals surface area contributed by atoms with Gasteiger partial charge in [-0.25, -0.2) is 0 Å². The highest BCUT2D eigenvalue weighted by Gasteiger charge is 2.27. The van der Waals surface area contributed by atoms with Crippen molar-refractivity contribution in [1.29, 1.82) is 0 Å². The van der Waals surface area contributed by atoms with Crippen molar-refractivity contribution in [2.45, 2.75) is 18.9 Å². The van der Waals surface area contributed by atoms with Gasteiger partial charge in [-0.15, -0.1) is 0 Å². The van der Waals surface area contributed by atoms with Crippen LogP contribution in [0.15, 0.2) is 83.3 Å². The van der Waals surface area contributed by atoms with Gasteiger partial charge in [-0.2, -0.15) is 0 Å². The first-order valence-corrected chi connectivity index (χ1v) is 12.9. The number of ketones is 1. The number of hydrogen-bond acceptors (Lipinski definition) is 4. The number of nitrogens with zero attached hydrogens (tertiary/aromatic N) is 1. The second kappa shape index (κ2) is 10.8. The first-order chi connectivity index (χ1) is 17.1. The van der Waals surface area contributed by atoms with Crippen molar-refractivity contribution in [1.82, 2.24) is 10.3 Å². The van der Waals surface area contributed by atoms with Gasteiger partial charge < -0.3 is 19.9 Å². The number of aromatic amines is 1. The van der Waals surface area contributed by atoms with Crippen LogP contribution in [0, 0.1) is 0 Å². The molecule has 1 atom stereocenters. The van der Waals surface area contributed by atoms with Gasteiger partial charge in [0.05, 0.1) is 18.4 Å². The van der Waals surface area contributed by atoms with E-state index in [4.69, 9.17) is 4.74 Å². The quantitative estimate of drug-likeness (QED) is 0.284. The summed E-state index contributed by atoms with van der Waals surface area (Å²) in [5.41, 5.74) is 5.22. The highest BCUT2D eigenvalue weighted by molar-refractivity contribution is 9.10. The van der Waals surface area contributed by atoms with Crippen molar-refractivity contribution in [2.24, 2.45) is 0 Å². The Kier molecular flexibility index (Phi) is 7.32. The number of ether oxygens (including phenoxy) is 1. The van der Waals surface area contributed by atoms with Gasteiger partial charge in [-0.05, 0) is 29.3 Å². The Morgan fingerprint density at radius 2 is 1.77 bits per heavy atom. The fraction of sp³-hybridized carbons (Fsp3) is 0.276. The number of H-pyrrole nitrogens is 1. The van der Waals surface area contributed by atoms with Gasteiger partial charge in [0.25, 0.3) is 0 Å². The van der Waals surface area contributed by atoms with E-state index in [1.54, 1.807) is 6.92 Å². The van der Waals surface area contributed by atoms with Gasteiger partial charge in [-0.3, -0.25) is 4.79 Å². The number of Topliss-reactive ketones (excluding diaryl/α,β-unsaturated/α-hetero) is 1. The van der Waals surface area contributed by atoms with Gasteiger partial charge in [0.1, 0.15) is 5.69 Å². The number of carbonyl (C=O) groups is 1. The predicted molar refractivity (Wildman–Crippen MR) is 146 cm³/mol. The molecule has 4 aromatic rings. The molecule has 0 saturated carbocycles. The highest BCUT2D eigenvalue weighted by Crippen LogP contribution is 2.34. The van der Waals surface area contributed by atoms with Crippen LogP contribution in [-0.2, 0) is 4.74 Å². The monoisotopic (exact) mass is 531 g/mol. The molecule has 0 radical (unpaired) electrons. The Hall–Kier alpha value is -2.93. The molecule has 2 N–H and O–H groups in total. The Labute approximate surface area is 214 Å². The number of aromatic nitrogens is 1. The summed E-state index contributed by atoms with van der Waals surface area (Å²) in [6.07, 6.45) is 0.0351. The number of halogens is 1. The fourth-order valence-corrected chi connectivity index (χ4v) is 5.33. The second-order valence-corrected chi connectivity index (χ2v) is 9.98. The van der Waals surface area contributed by atoms with Gasteiger partial charge in [0.2, 0.25) is 0 Å². The third-order valence-electron chi connectivity index (χ3n) is 6.66. The van der Waals surface area contributed by atoms with Crippen molar-refractivity contribution >= 4 is 38.3 Å². The Morgan fingerprint density at radius 3 is 2.43 bits per heavy atom. The lowest BCUT2D eigenvalue weighted by molar-refractivity contribution is 0.0409. The summed E-state index contributed by atoms with van der Waals surface area (Å²) >= 11 is 3.58. The molecule has 1 saturated heterocycles. The Morgan fingerprint density at radius 1 is 1.09 bits per heavy atom. The van der Waals surface area contributed by atoms with Gasteiger partial charge in [-0.1, -0.05) is 76.6 Å². The zero-order chi connectivity index (χ0) is 24.2. The van der Waals surface area contributed by atoms with E-state index < -0.39 is 0 Å². The van der Waals surface area contributed by atoms with Crippen LogP contribution < -0.4 is 10.2 Å². The van der Waals surface area contributed by atoms with Crippen molar-refractivity contribution in [3.8, 4) is 0 Å². The van der Waals surface area contributed by atoms with Crippen LogP contribution in [-0.4, -0.2) is 49.7 Å². The van der Waals surface area contributed by atoms with Crippen LogP contribution in [0.25, 0.3) is 10.9 Å². The van der Waals surface area contributed by atoms with Crippen LogP contribution in [0.1, 0.15) is 34.5 Å². The standard InChI is InChI=1S/C29H30BrN3O2/c1-20(34)28-29(25-16-23(30)12-13-27(25)32-28)33-14-15-35-24(19-33)17-31-18-26(21-8-4-2-5-9-21)22-10-6-3-7-11-22/h2-13,16,24,26,31-32H,14-15,17-19H2,1H3. The maximum absolute atomic E-state index is 12.4. The lowest BCUT2D eigenvalue weighted by Gasteiger charge is -2.35. The lowest BCUT2D eigenvalue weighted by Crippen LogP contribution is -2.47. The third kappa shape index (κ3) is 5.35. The van der Waals surface area contributed by atoms with E-state index in [1.165, 1.54) is 11.1 Å². The third-order valence-corrected chi connectivity index (χ3v) is 7.16. The average molecular weight is 532 g/mol. The maximum atomic E-state index is 12.4. The van der Waals surface area contributed by atoms with E-state index in [9.17, 15) is 4.79 Å². The minimum atomic E-state index is 0.0351. The van der Waals surface area contributed by atoms with Crippen LogP contribution in [0.2, 0.25) is 0 Å². The molecule has 0 bridgehead atoms. The first-order valence-electron chi connectivity index (χ1n) is 12.1. The summed E-state index contributed by atoms with van der Waals surface area (Å²) in [5, 5.41) is 4.73. The molecular weight excluding hydrogens is 502 g/mol. The summed E-state index contributed by atoms with van der Waals surface area (Å²) in [4.78, 5) is 18.1. The van der Waals surface area contributed by atoms with Crippen molar-refractivity contribution < 1.29 is 9.53 Å². The summed E-state index contributed by atoms with van der Waals surface area (Å²) in [6, 6.07) is 27.4. The van der Waals surface area contributed by atoms with Gasteiger partial charge in [0.15, 0.2) is 5.78 Å². The number of rotatable bonds is 8. The minimum Gasteiger partial charge on any atom is -0.373 e. The Balaban J connectivity index is 1.30. The first kappa shape index (κ1) is 23.8. The van der Waals surface area contributed by atoms with Crippen LogP contribution in [0.5, 0.6) is 0 Å². The normalized spacial score (nSPS) is 16.2. The molecule has 2 heterocycles. The summed E-state index contributed by atoms with van der Waals surface area (Å²) in [6.45, 7) is 5.31. The topological polar surface area (TPSA) is 57.4 Å². The second-order valence-electron chi connectivity index (χ2n) is 9.07. The molecule has 5 nitrogen and oxygen atoms in total. The number of nitrogens with one attached hydrogen (secondary N) is 2. The minimum absolute atomic E-state index is 0.0351. The number of fused-ring (bicyclic) bond motifs is 1. The SMILES string of the molecule is CC(=O)c1[nH]c2ccc(Br)cc2c1N1CCOC(CNCC(c2ccccc2)c2ccccc2)C1. The molecule has 1 aliphatic heterocycles. The van der Waals surface area contributed by atoms with E-state index in [0.717, 1.165) is 47.2 Å². The molecule has 1 aromatic heterocycles. The predicted octanol–water partition coefficient (Wildman–Crippen LogP) is 5.76. The largest absolute Gasteiger partial charge is 0.373 e. The van der Waals surface area contributed by atoms with Gasteiger partial charge >= 0.3 is 0 Å². The van der Waals surface area contributed by atoms with Crippen LogP contribution in [0.3, 0.4) is 0 Å². The van der Waals surface area contributed by atoms with Crippen LogP contribution >= 0.6 is 15.9 Å². The molecule has 1 aliphatic rings. The number of morpholine rings is 1. The maximum Gasteiger partial charge on any atom is 0.178 e. The number of carbonyl (C=O) groups excluding carboxylic acids is 1. The molecule has 1 fully saturated rings. The number of anilines is 1. The van der Waals surface area contributed by atoms with Crippen LogP contribution in [0.4, 0.5) is 5.69 Å². The molecular formula is C29H30BrN3O2. The van der Waals surface area contributed by atoms with E-state index in [0.29, 0.717) is 12.3 Å². The molecule has 0 spiro atoms. The molecule has 35 heavy (non-hydrogen) atoms. The highest BCUT2D eigenvalue weighted by atomic mass is 79.9. The van der Waals surface area contributed by atoms with Crippen molar-refractivity contribution in [2.75, 3.05) is 37.7 Å². The molecule has 3 aromatic carbocycles. The molecule has 6 heteroatoms. The summed E-state index contributed by atoms with van der Waals surface area (Å²) < 4.78 is 7.13. The zero-order valence-corrected chi connectivity index (χ0v) is 21.4. The molecule has 5 rings (SSSR count). The van der Waals surface area contributed by atoms with E-state index in [-0.39, 0.29) is 17.8 Å².